The third kappa shape index (κ3) is 3.27. The molecule has 0 radical (unpaired) electrons. The van der Waals surface area contributed by atoms with Crippen molar-refractivity contribution in [2.75, 3.05) is 6.54 Å². The molecule has 0 bridgehead atoms. The molecule has 1 aliphatic rings. The van der Waals surface area contributed by atoms with E-state index in [1.54, 1.807) is 0 Å². The van der Waals surface area contributed by atoms with Crippen molar-refractivity contribution in [2.24, 2.45) is 0 Å². The van der Waals surface area contributed by atoms with E-state index in [-0.39, 0.29) is 0 Å². The van der Waals surface area contributed by atoms with Gasteiger partial charge in [0.2, 0.25) is 0 Å². The molecule has 1 saturated heterocycles. The smallest absolute Gasteiger partial charge is 0.0127 e. The molecule has 1 rings (SSSR count). The van der Waals surface area contributed by atoms with Gasteiger partial charge in [0.1, 0.15) is 0 Å². The van der Waals surface area contributed by atoms with Gasteiger partial charge in [-0.1, -0.05) is 26.2 Å². The first-order chi connectivity index (χ1) is 6.55. The Hall–Kier alpha value is -0.0400. The molecule has 0 N–H and O–H groups in total. The molecule has 0 spiro atoms. The summed E-state index contributed by atoms with van der Waals surface area (Å²) in [7, 11) is 0. The first kappa shape index (κ1) is 12.0. The molecule has 1 aliphatic heterocycles. The molecule has 1 heterocycles. The normalized spacial score (nSPS) is 26.1. The monoisotopic (exact) mass is 197 g/mol. The van der Waals surface area contributed by atoms with E-state index in [2.05, 4.69) is 32.6 Å². The van der Waals surface area contributed by atoms with Crippen LogP contribution >= 0.6 is 0 Å². The van der Waals surface area contributed by atoms with Gasteiger partial charge in [-0.15, -0.1) is 0 Å². The van der Waals surface area contributed by atoms with Gasteiger partial charge >= 0.3 is 0 Å². The first-order valence-electron chi connectivity index (χ1n) is 6.32. The largest absolute Gasteiger partial charge is 0.296 e. The molecule has 0 unspecified atom stereocenters. The van der Waals surface area contributed by atoms with Gasteiger partial charge in [-0.25, -0.2) is 0 Å². The Kier molecular flexibility index (Phi) is 4.43. The van der Waals surface area contributed by atoms with Gasteiger partial charge in [0, 0.05) is 11.6 Å². The van der Waals surface area contributed by atoms with Crippen LogP contribution in [0.5, 0.6) is 0 Å². The highest BCUT2D eigenvalue weighted by Gasteiger charge is 2.28. The fraction of sp³-hybridized carbons (Fsp3) is 1.00. The Morgan fingerprint density at radius 3 is 2.43 bits per heavy atom. The summed E-state index contributed by atoms with van der Waals surface area (Å²) in [5.41, 5.74) is 0.365. The van der Waals surface area contributed by atoms with Gasteiger partial charge in [-0.05, 0) is 46.6 Å². The van der Waals surface area contributed by atoms with Crippen LogP contribution < -0.4 is 0 Å². The number of rotatable bonds is 2. The zero-order valence-electron chi connectivity index (χ0n) is 10.5. The van der Waals surface area contributed by atoms with Crippen molar-refractivity contribution in [2.45, 2.75) is 77.8 Å². The molecule has 0 saturated carbocycles. The Labute approximate surface area is 89.9 Å². The number of hydrogen-bond acceptors (Lipinski definition) is 1. The van der Waals surface area contributed by atoms with Crippen molar-refractivity contribution in [3.63, 3.8) is 0 Å². The van der Waals surface area contributed by atoms with Crippen LogP contribution in [-0.2, 0) is 0 Å². The molecule has 1 fully saturated rings. The van der Waals surface area contributed by atoms with E-state index >= 15 is 0 Å². The van der Waals surface area contributed by atoms with Gasteiger partial charge < -0.3 is 0 Å². The fourth-order valence-corrected chi connectivity index (χ4v) is 2.69. The lowest BCUT2D eigenvalue weighted by atomic mass is 9.98. The van der Waals surface area contributed by atoms with Crippen molar-refractivity contribution >= 4 is 0 Å². The minimum Gasteiger partial charge on any atom is -0.296 e. The second kappa shape index (κ2) is 5.16. The van der Waals surface area contributed by atoms with Crippen molar-refractivity contribution in [1.82, 2.24) is 4.90 Å². The number of hydrogen-bond donors (Lipinski definition) is 0. The van der Waals surface area contributed by atoms with E-state index in [0.29, 0.717) is 5.54 Å². The van der Waals surface area contributed by atoms with E-state index < -0.39 is 0 Å². The van der Waals surface area contributed by atoms with Gasteiger partial charge in [-0.2, -0.15) is 0 Å². The zero-order chi connectivity index (χ0) is 10.6. The van der Waals surface area contributed by atoms with Crippen LogP contribution in [0.2, 0.25) is 0 Å². The molecule has 84 valence electrons. The molecule has 0 aromatic heterocycles. The van der Waals surface area contributed by atoms with E-state index in [4.69, 9.17) is 0 Å². The summed E-state index contributed by atoms with van der Waals surface area (Å²) in [5, 5.41) is 0. The second-order valence-electron chi connectivity index (χ2n) is 5.66. The number of likely N-dealkylation sites (tertiary alicyclic amines) is 1. The molecule has 0 amide bonds. The van der Waals surface area contributed by atoms with Gasteiger partial charge in [-0.3, -0.25) is 4.90 Å². The molecular formula is C13H27N. The topological polar surface area (TPSA) is 3.24 Å². The Morgan fingerprint density at radius 2 is 1.86 bits per heavy atom. The highest BCUT2D eigenvalue weighted by Crippen LogP contribution is 2.27. The maximum Gasteiger partial charge on any atom is 0.0127 e. The quantitative estimate of drug-likeness (QED) is 0.650. The number of nitrogens with zero attached hydrogens (tertiary/aromatic N) is 1. The molecule has 1 nitrogen and oxygen atoms in total. The van der Waals surface area contributed by atoms with E-state index in [1.165, 1.54) is 45.1 Å². The minimum absolute atomic E-state index is 0.365. The molecule has 1 atom stereocenters. The Morgan fingerprint density at radius 1 is 1.14 bits per heavy atom. The molecule has 0 aromatic rings. The second-order valence-corrected chi connectivity index (χ2v) is 5.66. The molecule has 14 heavy (non-hydrogen) atoms. The van der Waals surface area contributed by atoms with Crippen LogP contribution in [0, 0.1) is 0 Å². The first-order valence-corrected chi connectivity index (χ1v) is 6.32. The summed E-state index contributed by atoms with van der Waals surface area (Å²) >= 11 is 0. The Balaban J connectivity index is 2.64. The SMILES string of the molecule is CCC[C@@H]1CCCCCN1C(C)(C)C. The van der Waals surface area contributed by atoms with Crippen molar-refractivity contribution in [3.05, 3.63) is 0 Å². The summed E-state index contributed by atoms with van der Waals surface area (Å²) in [6.45, 7) is 10.7. The zero-order valence-corrected chi connectivity index (χ0v) is 10.5. The molecule has 0 aromatic carbocycles. The predicted molar refractivity (Wildman–Crippen MR) is 63.6 cm³/mol. The highest BCUT2D eigenvalue weighted by atomic mass is 15.2. The van der Waals surface area contributed by atoms with E-state index in [0.717, 1.165) is 6.04 Å². The summed E-state index contributed by atoms with van der Waals surface area (Å²) in [4.78, 5) is 2.74. The third-order valence-corrected chi connectivity index (χ3v) is 3.36. The van der Waals surface area contributed by atoms with Gasteiger partial charge in [0.15, 0.2) is 0 Å². The minimum atomic E-state index is 0.365. The predicted octanol–water partition coefficient (Wildman–Crippen LogP) is 3.83. The molecule has 1 heteroatoms. The lowest BCUT2D eigenvalue weighted by Crippen LogP contribution is -2.47. The van der Waals surface area contributed by atoms with Crippen LogP contribution in [0.4, 0.5) is 0 Å². The molecular weight excluding hydrogens is 170 g/mol. The van der Waals surface area contributed by atoms with Crippen LogP contribution in [0.25, 0.3) is 0 Å². The van der Waals surface area contributed by atoms with E-state index in [9.17, 15) is 0 Å². The van der Waals surface area contributed by atoms with Gasteiger partial charge in [0.05, 0.1) is 0 Å². The van der Waals surface area contributed by atoms with Crippen LogP contribution in [0.1, 0.15) is 66.2 Å². The van der Waals surface area contributed by atoms with Crippen molar-refractivity contribution in [3.8, 4) is 0 Å². The third-order valence-electron chi connectivity index (χ3n) is 3.36. The fourth-order valence-electron chi connectivity index (χ4n) is 2.69. The summed E-state index contributed by atoms with van der Waals surface area (Å²) in [6.07, 6.45) is 8.42. The van der Waals surface area contributed by atoms with E-state index in [1.807, 2.05) is 0 Å². The maximum absolute atomic E-state index is 2.74. The summed E-state index contributed by atoms with van der Waals surface area (Å²) in [5.74, 6) is 0. The summed E-state index contributed by atoms with van der Waals surface area (Å²) in [6, 6.07) is 0.850. The molecule has 0 aliphatic carbocycles. The van der Waals surface area contributed by atoms with Crippen LogP contribution in [0.15, 0.2) is 0 Å². The average molecular weight is 197 g/mol. The van der Waals surface area contributed by atoms with Gasteiger partial charge in [0.25, 0.3) is 0 Å². The highest BCUT2D eigenvalue weighted by molar-refractivity contribution is 4.84. The summed E-state index contributed by atoms with van der Waals surface area (Å²) < 4.78 is 0. The van der Waals surface area contributed by atoms with Crippen molar-refractivity contribution in [1.29, 1.82) is 0 Å². The van der Waals surface area contributed by atoms with Crippen LogP contribution in [0.3, 0.4) is 0 Å². The lowest BCUT2D eigenvalue weighted by molar-refractivity contribution is 0.0794. The lowest BCUT2D eigenvalue weighted by Gasteiger charge is -2.41. The average Bonchev–Trinajstić information content (AvgIpc) is 2.29. The van der Waals surface area contributed by atoms with Crippen molar-refractivity contribution < 1.29 is 0 Å². The standard InChI is InChI=1S/C13H27N/c1-5-9-12-10-7-6-8-11-14(12)13(2,3)4/h12H,5-11H2,1-4H3/t12-/m1/s1. The van der Waals surface area contributed by atoms with Crippen LogP contribution in [-0.4, -0.2) is 23.0 Å². The maximum atomic E-state index is 2.74. The Bertz CT molecular complexity index is 157.